The number of aromatic amines is 1. The first-order valence-corrected chi connectivity index (χ1v) is 10.3. The molecule has 0 radical (unpaired) electrons. The Labute approximate surface area is 168 Å². The van der Waals surface area contributed by atoms with E-state index < -0.39 is 0 Å². The second kappa shape index (κ2) is 9.18. The summed E-state index contributed by atoms with van der Waals surface area (Å²) in [6.45, 7) is 4.38. The van der Waals surface area contributed by atoms with Gasteiger partial charge in [0.25, 0.3) is 0 Å². The number of H-pyrrole nitrogens is 1. The van der Waals surface area contributed by atoms with Gasteiger partial charge in [-0.3, -0.25) is 10.00 Å². The summed E-state index contributed by atoms with van der Waals surface area (Å²) in [7, 11) is 2.28. The molecule has 0 saturated carbocycles. The molecule has 0 amide bonds. The Morgan fingerprint density at radius 2 is 1.82 bits per heavy atom. The van der Waals surface area contributed by atoms with Gasteiger partial charge in [-0.2, -0.15) is 5.10 Å². The van der Waals surface area contributed by atoms with Gasteiger partial charge in [-0.15, -0.1) is 0 Å². The molecule has 146 valence electrons. The highest BCUT2D eigenvalue weighted by Gasteiger charge is 2.24. The van der Waals surface area contributed by atoms with Crippen molar-refractivity contribution in [3.8, 4) is 11.3 Å². The highest BCUT2D eigenvalue weighted by Crippen LogP contribution is 2.24. The standard InChI is InChI=1S/C24H30N4/c1-27(16-14-20-9-4-2-5-10-20)23-13-8-15-28(19-23)18-22-17-25-26-24(22)21-11-6-3-7-12-21/h2-7,9-12,17,23H,8,13-16,18-19H2,1H3,(H,25,26). The molecule has 1 atom stereocenters. The third-order valence-corrected chi connectivity index (χ3v) is 5.87. The Balaban J connectivity index is 1.35. The zero-order valence-corrected chi connectivity index (χ0v) is 16.7. The molecular weight excluding hydrogens is 344 g/mol. The molecule has 0 aliphatic carbocycles. The third kappa shape index (κ3) is 4.70. The predicted molar refractivity (Wildman–Crippen MR) is 115 cm³/mol. The van der Waals surface area contributed by atoms with Crippen LogP contribution in [-0.2, 0) is 13.0 Å². The highest BCUT2D eigenvalue weighted by atomic mass is 15.2. The molecule has 1 fully saturated rings. The zero-order chi connectivity index (χ0) is 19.2. The summed E-state index contributed by atoms with van der Waals surface area (Å²) in [5.41, 5.74) is 5.08. The van der Waals surface area contributed by atoms with Crippen LogP contribution >= 0.6 is 0 Å². The molecule has 28 heavy (non-hydrogen) atoms. The van der Waals surface area contributed by atoms with Gasteiger partial charge >= 0.3 is 0 Å². The number of likely N-dealkylation sites (tertiary alicyclic amines) is 1. The van der Waals surface area contributed by atoms with E-state index in [2.05, 4.69) is 87.7 Å². The number of aromatic nitrogens is 2. The maximum atomic E-state index is 4.32. The summed E-state index contributed by atoms with van der Waals surface area (Å²) >= 11 is 0. The van der Waals surface area contributed by atoms with Gasteiger partial charge < -0.3 is 4.90 Å². The van der Waals surface area contributed by atoms with Crippen molar-refractivity contribution in [3.63, 3.8) is 0 Å². The normalized spacial score (nSPS) is 17.9. The molecule has 1 unspecified atom stereocenters. The minimum absolute atomic E-state index is 0.629. The van der Waals surface area contributed by atoms with E-state index in [4.69, 9.17) is 0 Å². The van der Waals surface area contributed by atoms with E-state index in [1.54, 1.807) is 0 Å². The Kier molecular flexibility index (Phi) is 6.20. The predicted octanol–water partition coefficient (Wildman–Crippen LogP) is 4.22. The molecule has 4 nitrogen and oxygen atoms in total. The number of rotatable bonds is 7. The minimum Gasteiger partial charge on any atom is -0.302 e. The second-order valence-corrected chi connectivity index (χ2v) is 7.88. The van der Waals surface area contributed by atoms with Crippen molar-refractivity contribution >= 4 is 0 Å². The van der Waals surface area contributed by atoms with Crippen LogP contribution in [0.3, 0.4) is 0 Å². The van der Waals surface area contributed by atoms with Crippen molar-refractivity contribution in [1.29, 1.82) is 0 Å². The summed E-state index contributed by atoms with van der Waals surface area (Å²) in [6, 6.07) is 21.9. The topological polar surface area (TPSA) is 35.2 Å². The molecule has 1 aliphatic rings. The van der Waals surface area contributed by atoms with Crippen LogP contribution in [0.1, 0.15) is 24.0 Å². The van der Waals surface area contributed by atoms with E-state index in [1.165, 1.54) is 36.1 Å². The summed E-state index contributed by atoms with van der Waals surface area (Å²) in [5.74, 6) is 0. The van der Waals surface area contributed by atoms with Crippen LogP contribution in [-0.4, -0.2) is 52.7 Å². The van der Waals surface area contributed by atoms with E-state index in [0.29, 0.717) is 6.04 Å². The molecule has 0 bridgehead atoms. The number of hydrogen-bond donors (Lipinski definition) is 1. The van der Waals surface area contributed by atoms with Gasteiger partial charge in [0.15, 0.2) is 0 Å². The Bertz CT molecular complexity index is 843. The lowest BCUT2D eigenvalue weighted by Crippen LogP contribution is -2.46. The first-order valence-electron chi connectivity index (χ1n) is 10.3. The lowest BCUT2D eigenvalue weighted by Gasteiger charge is -2.37. The second-order valence-electron chi connectivity index (χ2n) is 7.88. The van der Waals surface area contributed by atoms with Crippen LogP contribution in [0.2, 0.25) is 0 Å². The SMILES string of the molecule is CN(CCc1ccccc1)C1CCCN(Cc2cn[nH]c2-c2ccccc2)C1. The summed E-state index contributed by atoms with van der Waals surface area (Å²) in [4.78, 5) is 5.14. The maximum Gasteiger partial charge on any atom is 0.0695 e. The molecule has 1 saturated heterocycles. The van der Waals surface area contributed by atoms with Crippen LogP contribution in [0.15, 0.2) is 66.9 Å². The highest BCUT2D eigenvalue weighted by molar-refractivity contribution is 5.62. The molecule has 0 spiro atoms. The van der Waals surface area contributed by atoms with Crippen LogP contribution in [0, 0.1) is 0 Å². The van der Waals surface area contributed by atoms with E-state index in [-0.39, 0.29) is 0 Å². The Hall–Kier alpha value is -2.43. The number of nitrogens with zero attached hydrogens (tertiary/aromatic N) is 3. The zero-order valence-electron chi connectivity index (χ0n) is 16.7. The van der Waals surface area contributed by atoms with Crippen molar-refractivity contribution < 1.29 is 0 Å². The van der Waals surface area contributed by atoms with Crippen molar-refractivity contribution in [3.05, 3.63) is 78.0 Å². The molecule has 1 aliphatic heterocycles. The molecule has 4 rings (SSSR count). The first-order chi connectivity index (χ1) is 13.8. The lowest BCUT2D eigenvalue weighted by molar-refractivity contribution is 0.112. The number of hydrogen-bond acceptors (Lipinski definition) is 3. The van der Waals surface area contributed by atoms with Crippen LogP contribution < -0.4 is 0 Å². The van der Waals surface area contributed by atoms with Gasteiger partial charge in [-0.25, -0.2) is 0 Å². The smallest absolute Gasteiger partial charge is 0.0695 e. The number of piperidine rings is 1. The fourth-order valence-electron chi connectivity index (χ4n) is 4.19. The summed E-state index contributed by atoms with van der Waals surface area (Å²) in [5, 5.41) is 7.52. The Morgan fingerprint density at radius 1 is 1.07 bits per heavy atom. The minimum atomic E-state index is 0.629. The average Bonchev–Trinajstić information content (AvgIpc) is 3.21. The van der Waals surface area contributed by atoms with Gasteiger partial charge in [0.1, 0.15) is 0 Å². The number of nitrogens with one attached hydrogen (secondary N) is 1. The molecular formula is C24H30N4. The molecule has 3 aromatic rings. The van der Waals surface area contributed by atoms with Gasteiger partial charge in [0.05, 0.1) is 11.9 Å². The van der Waals surface area contributed by atoms with Crippen LogP contribution in [0.5, 0.6) is 0 Å². The Morgan fingerprint density at radius 3 is 2.61 bits per heavy atom. The van der Waals surface area contributed by atoms with E-state index >= 15 is 0 Å². The van der Waals surface area contributed by atoms with Gasteiger partial charge in [-0.1, -0.05) is 60.7 Å². The van der Waals surface area contributed by atoms with Crippen molar-refractivity contribution in [1.82, 2.24) is 20.0 Å². The van der Waals surface area contributed by atoms with Crippen LogP contribution in [0.25, 0.3) is 11.3 Å². The molecule has 4 heteroatoms. The average molecular weight is 375 g/mol. The largest absolute Gasteiger partial charge is 0.302 e. The lowest BCUT2D eigenvalue weighted by atomic mass is 10.0. The molecule has 1 N–H and O–H groups in total. The van der Waals surface area contributed by atoms with Gasteiger partial charge in [0.2, 0.25) is 0 Å². The van der Waals surface area contributed by atoms with Crippen molar-refractivity contribution in [2.75, 3.05) is 26.7 Å². The maximum absolute atomic E-state index is 4.32. The van der Waals surface area contributed by atoms with Gasteiger partial charge in [-0.05, 0) is 44.0 Å². The number of likely N-dealkylation sites (N-methyl/N-ethyl adjacent to an activating group) is 1. The van der Waals surface area contributed by atoms with Crippen LogP contribution in [0.4, 0.5) is 0 Å². The van der Waals surface area contributed by atoms with Crippen molar-refractivity contribution in [2.45, 2.75) is 31.8 Å². The fraction of sp³-hybridized carbons (Fsp3) is 0.375. The number of benzene rings is 2. The van der Waals surface area contributed by atoms with E-state index in [9.17, 15) is 0 Å². The fourth-order valence-corrected chi connectivity index (χ4v) is 4.19. The van der Waals surface area contributed by atoms with Gasteiger partial charge in [0, 0.05) is 31.2 Å². The molecule has 2 aromatic carbocycles. The first kappa shape index (κ1) is 18.9. The third-order valence-electron chi connectivity index (χ3n) is 5.87. The summed E-state index contributed by atoms with van der Waals surface area (Å²) < 4.78 is 0. The molecule has 2 heterocycles. The quantitative estimate of drug-likeness (QED) is 0.673. The van der Waals surface area contributed by atoms with Crippen molar-refractivity contribution in [2.24, 2.45) is 0 Å². The summed E-state index contributed by atoms with van der Waals surface area (Å²) in [6.07, 6.45) is 5.66. The van der Waals surface area contributed by atoms with E-state index in [1.807, 2.05) is 6.20 Å². The van der Waals surface area contributed by atoms with E-state index in [0.717, 1.165) is 31.7 Å². The monoisotopic (exact) mass is 374 g/mol. The molecule has 1 aromatic heterocycles.